The fourth-order valence-electron chi connectivity index (χ4n) is 2.87. The van der Waals surface area contributed by atoms with E-state index >= 15 is 0 Å². The Morgan fingerprint density at radius 1 is 1.21 bits per heavy atom. The highest BCUT2D eigenvalue weighted by atomic mass is 32.1. The maximum Gasteiger partial charge on any atom is 0.340 e. The summed E-state index contributed by atoms with van der Waals surface area (Å²) in [5.74, 6) is -0.673. The Morgan fingerprint density at radius 2 is 1.96 bits per heavy atom. The number of fused-ring (bicyclic) bond motifs is 1. The summed E-state index contributed by atoms with van der Waals surface area (Å²) in [6.07, 6.45) is 3.45. The van der Waals surface area contributed by atoms with Crippen LogP contribution in [0.2, 0.25) is 0 Å². The predicted molar refractivity (Wildman–Crippen MR) is 94.1 cm³/mol. The second-order valence-corrected chi connectivity index (χ2v) is 6.97. The lowest BCUT2D eigenvalue weighted by atomic mass is 9.96. The number of amides is 1. The van der Waals surface area contributed by atoms with E-state index in [0.29, 0.717) is 12.1 Å². The molecule has 1 aliphatic carbocycles. The number of aryl methyl sites for hydroxylation is 1. The molecule has 4 nitrogen and oxygen atoms in total. The van der Waals surface area contributed by atoms with Gasteiger partial charge < -0.3 is 10.1 Å². The zero-order valence-electron chi connectivity index (χ0n) is 13.7. The van der Waals surface area contributed by atoms with Crippen LogP contribution in [0.3, 0.4) is 0 Å². The van der Waals surface area contributed by atoms with Crippen LogP contribution in [0, 0.1) is 0 Å². The Morgan fingerprint density at radius 3 is 2.75 bits per heavy atom. The van der Waals surface area contributed by atoms with E-state index < -0.39 is 12.1 Å². The molecule has 1 aromatic carbocycles. The lowest BCUT2D eigenvalue weighted by Crippen LogP contribution is -2.35. The Balaban J connectivity index is 1.56. The van der Waals surface area contributed by atoms with Crippen LogP contribution >= 0.6 is 11.3 Å². The summed E-state index contributed by atoms with van der Waals surface area (Å²) < 4.78 is 5.37. The molecule has 1 N–H and O–H groups in total. The minimum Gasteiger partial charge on any atom is -0.449 e. The van der Waals surface area contributed by atoms with Crippen molar-refractivity contribution in [2.45, 2.75) is 45.3 Å². The minimum absolute atomic E-state index is 0.281. The third-order valence-electron chi connectivity index (χ3n) is 4.24. The van der Waals surface area contributed by atoms with Gasteiger partial charge in [0.1, 0.15) is 0 Å². The summed E-state index contributed by atoms with van der Waals surface area (Å²) in [5, 5.41) is 4.67. The van der Waals surface area contributed by atoms with Gasteiger partial charge >= 0.3 is 5.97 Å². The van der Waals surface area contributed by atoms with Gasteiger partial charge in [-0.25, -0.2) is 4.79 Å². The maximum absolute atomic E-state index is 12.4. The average Bonchev–Trinajstić information content (AvgIpc) is 3.04. The number of nitrogens with one attached hydrogen (secondary N) is 1. The van der Waals surface area contributed by atoms with Crippen LogP contribution in [0.1, 0.15) is 46.1 Å². The highest BCUT2D eigenvalue weighted by Gasteiger charge is 2.24. The number of benzene rings is 1. The molecule has 24 heavy (non-hydrogen) atoms. The molecule has 2 aromatic rings. The normalized spacial score (nSPS) is 14.5. The van der Waals surface area contributed by atoms with Gasteiger partial charge in [0.2, 0.25) is 0 Å². The fourth-order valence-corrected chi connectivity index (χ4v) is 3.99. The van der Waals surface area contributed by atoms with Crippen LogP contribution in [-0.2, 0) is 28.9 Å². The van der Waals surface area contributed by atoms with E-state index in [4.69, 9.17) is 4.74 Å². The van der Waals surface area contributed by atoms with E-state index in [0.717, 1.165) is 30.4 Å². The van der Waals surface area contributed by atoms with Gasteiger partial charge in [-0.1, -0.05) is 30.3 Å². The number of rotatable bonds is 5. The van der Waals surface area contributed by atoms with E-state index in [2.05, 4.69) is 5.32 Å². The van der Waals surface area contributed by atoms with Gasteiger partial charge in [-0.15, -0.1) is 11.3 Å². The number of hydrogen-bond acceptors (Lipinski definition) is 4. The molecule has 126 valence electrons. The quantitative estimate of drug-likeness (QED) is 0.846. The van der Waals surface area contributed by atoms with Crippen LogP contribution in [0.25, 0.3) is 0 Å². The summed E-state index contributed by atoms with van der Waals surface area (Å²) in [7, 11) is 0. The molecule has 5 heteroatoms. The number of ether oxygens (including phenoxy) is 1. The van der Waals surface area contributed by atoms with Gasteiger partial charge in [-0.05, 0) is 43.7 Å². The molecule has 0 bridgehead atoms. The zero-order valence-corrected chi connectivity index (χ0v) is 14.5. The van der Waals surface area contributed by atoms with Crippen molar-refractivity contribution in [1.82, 2.24) is 5.32 Å². The van der Waals surface area contributed by atoms with E-state index in [1.165, 1.54) is 11.3 Å². The van der Waals surface area contributed by atoms with Gasteiger partial charge in [-0.3, -0.25) is 4.79 Å². The van der Waals surface area contributed by atoms with Crippen molar-refractivity contribution in [2.75, 3.05) is 0 Å². The van der Waals surface area contributed by atoms with Crippen molar-refractivity contribution >= 4 is 23.2 Å². The molecule has 3 rings (SSSR count). The van der Waals surface area contributed by atoms with Gasteiger partial charge in [0.05, 0.1) is 5.56 Å². The molecule has 1 aliphatic rings. The smallest absolute Gasteiger partial charge is 0.340 e. The lowest BCUT2D eigenvalue weighted by Gasteiger charge is -2.15. The lowest BCUT2D eigenvalue weighted by molar-refractivity contribution is -0.129. The van der Waals surface area contributed by atoms with E-state index in [-0.39, 0.29) is 5.91 Å². The van der Waals surface area contributed by atoms with Crippen LogP contribution in [-0.4, -0.2) is 18.0 Å². The van der Waals surface area contributed by atoms with Crippen molar-refractivity contribution in [3.8, 4) is 0 Å². The standard InChI is InChI=1S/C19H21NO3S/c1-13(18(21)20-11-14-7-3-2-4-8-14)23-19(22)16-12-24-17-10-6-5-9-15(16)17/h2-4,7-8,12-13H,5-6,9-11H2,1H3,(H,20,21)/t13-/m0/s1. The zero-order chi connectivity index (χ0) is 16.9. The van der Waals surface area contributed by atoms with Gasteiger partial charge in [0.25, 0.3) is 5.91 Å². The molecule has 0 saturated carbocycles. The topological polar surface area (TPSA) is 55.4 Å². The summed E-state index contributed by atoms with van der Waals surface area (Å²) >= 11 is 1.62. The van der Waals surface area contributed by atoms with E-state index in [1.54, 1.807) is 18.3 Å². The largest absolute Gasteiger partial charge is 0.449 e. The molecule has 0 spiro atoms. The van der Waals surface area contributed by atoms with Crippen molar-refractivity contribution in [2.24, 2.45) is 0 Å². The second-order valence-electron chi connectivity index (χ2n) is 6.01. The highest BCUT2D eigenvalue weighted by Crippen LogP contribution is 2.30. The van der Waals surface area contributed by atoms with Crippen molar-refractivity contribution in [1.29, 1.82) is 0 Å². The number of esters is 1. The Hall–Kier alpha value is -2.14. The minimum atomic E-state index is -0.805. The molecule has 0 unspecified atom stereocenters. The Labute approximate surface area is 145 Å². The molecule has 1 amide bonds. The van der Waals surface area contributed by atoms with Crippen molar-refractivity contribution in [3.05, 3.63) is 57.3 Å². The monoisotopic (exact) mass is 343 g/mol. The van der Waals surface area contributed by atoms with Crippen molar-refractivity contribution < 1.29 is 14.3 Å². The maximum atomic E-state index is 12.4. The molecular weight excluding hydrogens is 322 g/mol. The number of hydrogen-bond donors (Lipinski definition) is 1. The first-order valence-corrected chi connectivity index (χ1v) is 9.15. The SMILES string of the molecule is C[C@H](OC(=O)c1csc2c1CCCC2)C(=O)NCc1ccccc1. The highest BCUT2D eigenvalue weighted by molar-refractivity contribution is 7.10. The Bertz CT molecular complexity index is 723. The molecular formula is C19H21NO3S. The van der Waals surface area contributed by atoms with Crippen molar-refractivity contribution in [3.63, 3.8) is 0 Å². The summed E-state index contributed by atoms with van der Waals surface area (Å²) in [6.45, 7) is 2.03. The summed E-state index contributed by atoms with van der Waals surface area (Å²) in [4.78, 5) is 25.8. The van der Waals surface area contributed by atoms with Gasteiger partial charge in [0, 0.05) is 16.8 Å². The van der Waals surface area contributed by atoms with Crippen LogP contribution in [0.15, 0.2) is 35.7 Å². The van der Waals surface area contributed by atoms with Crippen LogP contribution < -0.4 is 5.32 Å². The first-order valence-electron chi connectivity index (χ1n) is 8.27. The van der Waals surface area contributed by atoms with E-state index in [1.807, 2.05) is 35.7 Å². The van der Waals surface area contributed by atoms with Gasteiger partial charge in [-0.2, -0.15) is 0 Å². The predicted octanol–water partition coefficient (Wildman–Crippen LogP) is 3.49. The fraction of sp³-hybridized carbons (Fsp3) is 0.368. The molecule has 0 fully saturated rings. The van der Waals surface area contributed by atoms with Crippen LogP contribution in [0.4, 0.5) is 0 Å². The Kier molecular flexibility index (Phi) is 5.30. The van der Waals surface area contributed by atoms with E-state index in [9.17, 15) is 9.59 Å². The molecule has 0 aliphatic heterocycles. The third-order valence-corrected chi connectivity index (χ3v) is 5.33. The van der Waals surface area contributed by atoms with Gasteiger partial charge in [0.15, 0.2) is 6.10 Å². The van der Waals surface area contributed by atoms with Crippen LogP contribution in [0.5, 0.6) is 0 Å². The molecule has 1 heterocycles. The average molecular weight is 343 g/mol. The summed E-state index contributed by atoms with van der Waals surface area (Å²) in [5.41, 5.74) is 2.77. The first kappa shape index (κ1) is 16.7. The molecule has 0 radical (unpaired) electrons. The number of thiophene rings is 1. The number of carbonyl (C=O) groups excluding carboxylic acids is 2. The number of carbonyl (C=O) groups is 2. The second kappa shape index (κ2) is 7.62. The molecule has 1 aromatic heterocycles. The molecule has 1 atom stereocenters. The molecule has 0 saturated heterocycles. The summed E-state index contributed by atoms with van der Waals surface area (Å²) in [6, 6.07) is 9.65. The third kappa shape index (κ3) is 3.85. The first-order chi connectivity index (χ1) is 11.6.